The molecule has 0 radical (unpaired) electrons. The summed E-state index contributed by atoms with van der Waals surface area (Å²) in [7, 11) is 1.48. The Kier molecular flexibility index (Phi) is 9.17. The average molecular weight is 651 g/mol. The van der Waals surface area contributed by atoms with Gasteiger partial charge in [-0.3, -0.25) is 19.4 Å². The summed E-state index contributed by atoms with van der Waals surface area (Å²) in [4.78, 5) is 47.6. The number of esters is 1. The second kappa shape index (κ2) is 13.4. The van der Waals surface area contributed by atoms with Crippen molar-refractivity contribution in [1.29, 1.82) is 0 Å². The lowest BCUT2D eigenvalue weighted by Crippen LogP contribution is -3.07. The summed E-state index contributed by atoms with van der Waals surface area (Å²) in [5, 5.41) is 44.4. The molecule has 15 heteroatoms. The number of allylic oxidation sites excluding steroid dienone is 1. The van der Waals surface area contributed by atoms with E-state index in [1.54, 1.807) is 24.5 Å². The Balaban J connectivity index is 1.24. The Hall–Kier alpha value is -4.90. The van der Waals surface area contributed by atoms with Gasteiger partial charge in [-0.25, -0.2) is 0 Å². The number of nitrogens with zero attached hydrogens (tertiary/aromatic N) is 1. The first kappa shape index (κ1) is 32.1. The normalized spacial score (nSPS) is 25.6. The number of hydrogen-bond donors (Lipinski definition) is 6. The van der Waals surface area contributed by atoms with Gasteiger partial charge in [0.15, 0.2) is 17.5 Å². The molecule has 2 aromatic carbocycles. The molecule has 4 heterocycles. The molecular weight excluding hydrogens is 618 g/mol. The number of nitrogens with one attached hydrogen (secondary N) is 2. The van der Waals surface area contributed by atoms with Crippen LogP contribution in [0.15, 0.2) is 86.5 Å². The van der Waals surface area contributed by atoms with Crippen molar-refractivity contribution in [1.82, 2.24) is 5.32 Å². The molecule has 1 saturated heterocycles. The summed E-state index contributed by atoms with van der Waals surface area (Å²) in [5.41, 5.74) is 2.34. The minimum absolute atomic E-state index is 0.0562. The van der Waals surface area contributed by atoms with Crippen LogP contribution in [0.4, 0.5) is 0 Å². The Bertz CT molecular complexity index is 1820. The van der Waals surface area contributed by atoms with Gasteiger partial charge in [0.1, 0.15) is 60.5 Å². The number of rotatable bonds is 11. The zero-order chi connectivity index (χ0) is 33.2. The van der Waals surface area contributed by atoms with E-state index in [1.165, 1.54) is 43.6 Å². The van der Waals surface area contributed by atoms with Crippen LogP contribution in [-0.4, -0.2) is 96.0 Å². The number of ether oxygens (including phenoxy) is 3. The maximum Gasteiger partial charge on any atom is 0.321 e. The highest BCUT2D eigenvalue weighted by molar-refractivity contribution is 5.94. The molecule has 7 atom stereocenters. The molecule has 246 valence electrons. The van der Waals surface area contributed by atoms with Crippen molar-refractivity contribution in [3.05, 3.63) is 82.5 Å². The number of carbonyl (C=O) groups is 2. The highest BCUT2D eigenvalue weighted by Crippen LogP contribution is 2.29. The van der Waals surface area contributed by atoms with E-state index >= 15 is 0 Å². The van der Waals surface area contributed by atoms with Crippen LogP contribution >= 0.6 is 0 Å². The van der Waals surface area contributed by atoms with E-state index in [0.717, 1.165) is 5.57 Å². The molecule has 6 N–H and O–H groups in total. The molecule has 1 aromatic heterocycles. The maximum absolute atomic E-state index is 13.2. The number of aliphatic imine (C=N–C) groups is 1. The van der Waals surface area contributed by atoms with Crippen molar-refractivity contribution in [3.8, 4) is 22.6 Å². The highest BCUT2D eigenvalue weighted by Gasteiger charge is 2.50. The molecule has 15 nitrogen and oxygen atoms in total. The number of phenols is 1. The molecule has 7 unspecified atom stereocenters. The number of aliphatic hydroxyl groups is 2. The minimum Gasteiger partial charge on any atom is -0.508 e. The predicted molar refractivity (Wildman–Crippen MR) is 162 cm³/mol. The standard InChI is InChI=1S/C32H31N3O12/c1-33-11-21(30(40)41)31(42)44-15-25-27(38)28(39)29(47-35-12-17-8-9-34-23(17)13-35)32(46-25)45-19-6-7-20-24(10-19)43-14-22(26(20)37)16-2-4-18(36)5-3-16/h2-10,13-14,21,25,27-29,32-33,36,38-39H,11-12,15H2,1H3,(H,40,41)/p+1. The Morgan fingerprint density at radius 2 is 1.94 bits per heavy atom. The number of aliphatic hydroxyl groups excluding tert-OH is 2. The van der Waals surface area contributed by atoms with Gasteiger partial charge >= 0.3 is 11.9 Å². The molecule has 0 bridgehead atoms. The van der Waals surface area contributed by atoms with E-state index in [0.29, 0.717) is 22.9 Å². The first-order valence-corrected chi connectivity index (χ1v) is 14.7. The summed E-state index contributed by atoms with van der Waals surface area (Å²) in [6.07, 6.45) is -0.703. The molecule has 1 fully saturated rings. The van der Waals surface area contributed by atoms with Gasteiger partial charge in [0.05, 0.1) is 10.9 Å². The van der Waals surface area contributed by atoms with E-state index in [-0.39, 0.29) is 40.0 Å². The van der Waals surface area contributed by atoms with Crippen LogP contribution in [0.25, 0.3) is 22.1 Å². The lowest BCUT2D eigenvalue weighted by molar-refractivity contribution is -1.05. The topological polar surface area (TPSA) is 211 Å². The lowest BCUT2D eigenvalue weighted by atomic mass is 9.99. The number of hydroxylamine groups is 2. The molecule has 3 aliphatic rings. The highest BCUT2D eigenvalue weighted by atomic mass is 16.8. The van der Waals surface area contributed by atoms with Crippen molar-refractivity contribution in [3.63, 3.8) is 0 Å². The third-order valence-corrected chi connectivity index (χ3v) is 7.97. The number of quaternary nitrogens is 1. The molecular formula is C32H32N3O12+. The van der Waals surface area contributed by atoms with Crippen LogP contribution in [0.2, 0.25) is 0 Å². The van der Waals surface area contributed by atoms with Crippen molar-refractivity contribution >= 4 is 29.1 Å². The monoisotopic (exact) mass is 650 g/mol. The van der Waals surface area contributed by atoms with E-state index < -0.39 is 55.2 Å². The minimum atomic E-state index is -1.61. The maximum atomic E-state index is 13.2. The summed E-state index contributed by atoms with van der Waals surface area (Å²) < 4.78 is 23.0. The molecule has 6 rings (SSSR count). The molecule has 3 aliphatic heterocycles. The molecule has 0 spiro atoms. The van der Waals surface area contributed by atoms with E-state index in [4.69, 9.17) is 23.5 Å². The zero-order valence-electron chi connectivity index (χ0n) is 24.9. The van der Waals surface area contributed by atoms with Crippen LogP contribution in [0.5, 0.6) is 11.5 Å². The zero-order valence-corrected chi connectivity index (χ0v) is 24.9. The number of aliphatic carboxylic acids is 1. The third-order valence-electron chi connectivity index (χ3n) is 7.97. The van der Waals surface area contributed by atoms with Crippen molar-refractivity contribution in [2.24, 2.45) is 10.9 Å². The fourth-order valence-corrected chi connectivity index (χ4v) is 5.46. The summed E-state index contributed by atoms with van der Waals surface area (Å²) in [6.45, 7) is -0.392. The Labute approximate surface area is 266 Å². The number of benzene rings is 2. The molecule has 0 saturated carbocycles. The quantitative estimate of drug-likeness (QED) is 0.114. The Morgan fingerprint density at radius 1 is 1.15 bits per heavy atom. The summed E-state index contributed by atoms with van der Waals surface area (Å²) >= 11 is 0. The number of aromatic hydroxyl groups is 1. The third kappa shape index (κ3) is 6.66. The van der Waals surface area contributed by atoms with Gasteiger partial charge in [-0.15, -0.1) is 0 Å². The number of carbonyl (C=O) groups excluding carboxylic acids is 1. The molecule has 0 amide bonds. The van der Waals surface area contributed by atoms with Crippen LogP contribution < -0.4 is 20.5 Å². The second-order valence-corrected chi connectivity index (χ2v) is 11.1. The first-order valence-electron chi connectivity index (χ1n) is 14.7. The van der Waals surface area contributed by atoms with Gasteiger partial charge in [-0.1, -0.05) is 12.1 Å². The van der Waals surface area contributed by atoms with Crippen molar-refractivity contribution < 1.29 is 58.5 Å². The van der Waals surface area contributed by atoms with Gasteiger partial charge in [0.25, 0.3) is 0 Å². The van der Waals surface area contributed by atoms with Gasteiger partial charge < -0.3 is 44.4 Å². The fraction of sp³-hybridized carbons (Fsp3) is 0.312. The number of fused-ring (bicyclic) bond motifs is 2. The number of hydrogen-bond acceptors (Lipinski definition) is 13. The van der Waals surface area contributed by atoms with E-state index in [2.05, 4.69) is 10.3 Å². The van der Waals surface area contributed by atoms with Gasteiger partial charge in [-0.2, -0.15) is 9.90 Å². The SMILES string of the molecule is CNCC(C(=O)O)C(=O)OCC1OC(Oc2ccc3c(=O)c(-c4ccc(O)cc4)coc3c2)C(O[NH+]2C=C3N=CC=C3C2)C(O)C1O. The van der Waals surface area contributed by atoms with E-state index in [9.17, 15) is 34.8 Å². The second-order valence-electron chi connectivity index (χ2n) is 11.1. The van der Waals surface area contributed by atoms with E-state index in [1.807, 2.05) is 6.08 Å². The number of carboxylic acid groups (broad SMARTS) is 1. The van der Waals surface area contributed by atoms with Crippen molar-refractivity contribution in [2.75, 3.05) is 26.7 Å². The van der Waals surface area contributed by atoms with Gasteiger partial charge in [0, 0.05) is 24.4 Å². The summed E-state index contributed by atoms with van der Waals surface area (Å²) in [6, 6.07) is 10.6. The molecule has 3 aromatic rings. The number of phenolic OH excluding ortho intramolecular Hbond substituents is 1. The average Bonchev–Trinajstić information content (AvgIpc) is 3.65. The first-order chi connectivity index (χ1) is 22.6. The number of carboxylic acids is 1. The van der Waals surface area contributed by atoms with Crippen LogP contribution in [0, 0.1) is 5.92 Å². The molecule has 47 heavy (non-hydrogen) atoms. The predicted octanol–water partition coefficient (Wildman–Crippen LogP) is -0.495. The lowest BCUT2D eigenvalue weighted by Gasteiger charge is -2.41. The van der Waals surface area contributed by atoms with Crippen LogP contribution in [-0.2, 0) is 23.9 Å². The van der Waals surface area contributed by atoms with Crippen LogP contribution in [0.1, 0.15) is 0 Å². The smallest absolute Gasteiger partial charge is 0.321 e. The fourth-order valence-electron chi connectivity index (χ4n) is 5.46. The summed E-state index contributed by atoms with van der Waals surface area (Å²) in [5.74, 6) is -3.73. The van der Waals surface area contributed by atoms with Crippen LogP contribution in [0.3, 0.4) is 0 Å². The molecule has 0 aliphatic carbocycles. The van der Waals surface area contributed by atoms with Gasteiger partial charge in [-0.05, 0) is 43.0 Å². The Morgan fingerprint density at radius 3 is 2.66 bits per heavy atom. The van der Waals surface area contributed by atoms with Gasteiger partial charge in [0.2, 0.25) is 12.4 Å². The largest absolute Gasteiger partial charge is 0.508 e. The van der Waals surface area contributed by atoms with Crippen molar-refractivity contribution in [2.45, 2.75) is 30.7 Å².